The van der Waals surface area contributed by atoms with Crippen LogP contribution in [0.25, 0.3) is 5.57 Å². The molecule has 0 aliphatic heterocycles. The topological polar surface area (TPSA) is 49.8 Å². The summed E-state index contributed by atoms with van der Waals surface area (Å²) in [5.74, 6) is 0.574. The zero-order valence-corrected chi connectivity index (χ0v) is 26.5. The predicted octanol–water partition coefficient (Wildman–Crippen LogP) is 9.95. The molecule has 0 aromatic heterocycles. The fourth-order valence-electron chi connectivity index (χ4n) is 5.13. The van der Waals surface area contributed by atoms with Gasteiger partial charge in [-0.2, -0.15) is 0 Å². The first-order chi connectivity index (χ1) is 19.6. The minimum Gasteiger partial charge on any atom is -0.489 e. The third-order valence-electron chi connectivity index (χ3n) is 7.87. The average Bonchev–Trinajstić information content (AvgIpc) is 2.98. The van der Waals surface area contributed by atoms with Gasteiger partial charge in [-0.3, -0.25) is 0 Å². The van der Waals surface area contributed by atoms with Gasteiger partial charge in [0.05, 0.1) is 0 Å². The number of carboxylic acids is 1. The molecule has 2 aromatic carbocycles. The van der Waals surface area contributed by atoms with Crippen molar-refractivity contribution >= 4 is 29.0 Å². The minimum atomic E-state index is -0.876. The number of ether oxygens (including phenoxy) is 1. The van der Waals surface area contributed by atoms with Crippen molar-refractivity contribution in [3.8, 4) is 0 Å². The Bertz CT molecular complexity index is 1250. The van der Waals surface area contributed by atoms with Gasteiger partial charge in [0.1, 0.15) is 12.4 Å². The Hall–Kier alpha value is -3.18. The number of thioether (sulfide) groups is 1. The largest absolute Gasteiger partial charge is 0.489 e. The lowest BCUT2D eigenvalue weighted by Crippen LogP contribution is -2.30. The second-order valence-corrected chi connectivity index (χ2v) is 12.2. The van der Waals surface area contributed by atoms with Crippen molar-refractivity contribution in [2.45, 2.75) is 85.7 Å². The van der Waals surface area contributed by atoms with Gasteiger partial charge in [-0.05, 0) is 110 Å². The van der Waals surface area contributed by atoms with Crippen LogP contribution in [-0.4, -0.2) is 23.7 Å². The van der Waals surface area contributed by atoms with Crippen LogP contribution in [0.2, 0.25) is 0 Å². The highest BCUT2D eigenvalue weighted by Crippen LogP contribution is 2.29. The molecule has 2 aromatic rings. The standard InChI is InChI=1S/C36H47NO3S/c1-8-28-19-33(36(38)39)21-35(20-28)40-23-27(7)41-24-26(6)31-13-11-29(12-14-31)22-37(25(4)5)34-17-15-32(16-18-34)30(9-2)10-3/h11-18,20-21,24-25,28,30H,7-10,19,22-23H2,1-6H3,(H,38,39)/b26-24+. The van der Waals surface area contributed by atoms with Crippen molar-refractivity contribution in [2.75, 3.05) is 11.5 Å². The molecule has 0 saturated heterocycles. The van der Waals surface area contributed by atoms with Crippen LogP contribution in [-0.2, 0) is 16.1 Å². The van der Waals surface area contributed by atoms with E-state index in [0.29, 0.717) is 36.3 Å². The van der Waals surface area contributed by atoms with Crippen molar-refractivity contribution < 1.29 is 14.6 Å². The molecule has 0 heterocycles. The summed E-state index contributed by atoms with van der Waals surface area (Å²) in [4.78, 5) is 14.8. The quantitative estimate of drug-likeness (QED) is 0.230. The molecule has 0 fully saturated rings. The first-order valence-corrected chi connectivity index (χ1v) is 15.8. The normalized spacial score (nSPS) is 15.5. The maximum Gasteiger partial charge on any atom is 0.331 e. The van der Waals surface area contributed by atoms with Crippen LogP contribution < -0.4 is 4.90 Å². The Labute approximate surface area is 251 Å². The summed E-state index contributed by atoms with van der Waals surface area (Å²) in [5, 5.41) is 11.5. The molecule has 41 heavy (non-hydrogen) atoms. The highest BCUT2D eigenvalue weighted by molar-refractivity contribution is 8.06. The smallest absolute Gasteiger partial charge is 0.331 e. The van der Waals surface area contributed by atoms with Gasteiger partial charge in [0.2, 0.25) is 0 Å². The number of allylic oxidation sites excluding steroid dienone is 3. The zero-order valence-electron chi connectivity index (χ0n) is 25.7. The molecule has 1 aliphatic carbocycles. The van der Waals surface area contributed by atoms with Crippen molar-refractivity contribution in [1.29, 1.82) is 0 Å². The maximum absolute atomic E-state index is 11.4. The van der Waals surface area contributed by atoms with Crippen molar-refractivity contribution in [2.24, 2.45) is 5.92 Å². The fourth-order valence-corrected chi connectivity index (χ4v) is 5.74. The number of anilines is 1. The second kappa shape index (κ2) is 15.7. The molecule has 5 heteroatoms. The molecule has 0 spiro atoms. The van der Waals surface area contributed by atoms with Gasteiger partial charge in [0, 0.05) is 28.8 Å². The van der Waals surface area contributed by atoms with E-state index in [1.165, 1.54) is 35.2 Å². The van der Waals surface area contributed by atoms with Gasteiger partial charge in [-0.15, -0.1) is 0 Å². The number of carbonyl (C=O) groups is 1. The molecule has 3 rings (SSSR count). The van der Waals surface area contributed by atoms with Crippen LogP contribution in [0.1, 0.15) is 89.8 Å². The third kappa shape index (κ3) is 9.43. The number of rotatable bonds is 15. The summed E-state index contributed by atoms with van der Waals surface area (Å²) in [7, 11) is 0. The lowest BCUT2D eigenvalue weighted by Gasteiger charge is -2.30. The summed E-state index contributed by atoms with van der Waals surface area (Å²) in [6.07, 6.45) is 7.45. The van der Waals surface area contributed by atoms with Crippen LogP contribution in [0, 0.1) is 5.92 Å². The number of hydrogen-bond acceptors (Lipinski definition) is 4. The molecule has 1 atom stereocenters. The highest BCUT2D eigenvalue weighted by atomic mass is 32.2. The molecule has 1 unspecified atom stereocenters. The van der Waals surface area contributed by atoms with Crippen LogP contribution >= 0.6 is 11.8 Å². The fraction of sp³-hybridized carbons (Fsp3) is 0.417. The Morgan fingerprint density at radius 1 is 1.10 bits per heavy atom. The average molecular weight is 574 g/mol. The summed E-state index contributed by atoms with van der Waals surface area (Å²) >= 11 is 1.55. The molecule has 1 aliphatic rings. The lowest BCUT2D eigenvalue weighted by atomic mass is 9.91. The highest BCUT2D eigenvalue weighted by Gasteiger charge is 2.19. The van der Waals surface area contributed by atoms with E-state index in [1.807, 2.05) is 6.08 Å². The van der Waals surface area contributed by atoms with Crippen molar-refractivity contribution in [1.82, 2.24) is 0 Å². The third-order valence-corrected chi connectivity index (χ3v) is 8.79. The molecule has 0 radical (unpaired) electrons. The SMILES string of the molecule is C=C(COC1=CC(CC)CC(C(=O)O)=C1)S/C=C(\C)c1ccc(CN(c2ccc(C(CC)CC)cc2)C(C)C)cc1. The first kappa shape index (κ1) is 32.3. The molecular weight excluding hydrogens is 526 g/mol. The van der Waals surface area contributed by atoms with Crippen molar-refractivity contribution in [3.63, 3.8) is 0 Å². The Balaban J connectivity index is 1.58. The zero-order chi connectivity index (χ0) is 29.9. The Morgan fingerprint density at radius 3 is 2.32 bits per heavy atom. The van der Waals surface area contributed by atoms with E-state index in [4.69, 9.17) is 4.74 Å². The molecule has 1 N–H and O–H groups in total. The van der Waals surface area contributed by atoms with E-state index in [2.05, 4.69) is 107 Å². The van der Waals surface area contributed by atoms with Crippen LogP contribution in [0.5, 0.6) is 0 Å². The minimum absolute atomic E-state index is 0.194. The summed E-state index contributed by atoms with van der Waals surface area (Å²) in [6, 6.07) is 18.3. The summed E-state index contributed by atoms with van der Waals surface area (Å²) in [6.45, 7) is 18.5. The van der Waals surface area contributed by atoms with Gasteiger partial charge >= 0.3 is 5.97 Å². The van der Waals surface area contributed by atoms with E-state index >= 15 is 0 Å². The lowest BCUT2D eigenvalue weighted by molar-refractivity contribution is -0.132. The van der Waals surface area contributed by atoms with Gasteiger partial charge in [0.15, 0.2) is 0 Å². The number of benzene rings is 2. The van der Waals surface area contributed by atoms with Crippen LogP contribution in [0.4, 0.5) is 5.69 Å². The number of aliphatic carboxylic acids is 1. The Kier molecular flexibility index (Phi) is 12.4. The summed E-state index contributed by atoms with van der Waals surface area (Å²) in [5.41, 5.74) is 6.72. The first-order valence-electron chi connectivity index (χ1n) is 14.9. The molecule has 0 bridgehead atoms. The van der Waals surface area contributed by atoms with Gasteiger partial charge in [0.25, 0.3) is 0 Å². The van der Waals surface area contributed by atoms with E-state index < -0.39 is 5.97 Å². The van der Waals surface area contributed by atoms with E-state index in [1.54, 1.807) is 17.8 Å². The van der Waals surface area contributed by atoms with E-state index in [0.717, 1.165) is 23.4 Å². The van der Waals surface area contributed by atoms with Crippen LogP contribution in [0.3, 0.4) is 0 Å². The molecular formula is C36H47NO3S. The number of hydrogen-bond donors (Lipinski definition) is 1. The van der Waals surface area contributed by atoms with Crippen LogP contribution in [0.15, 0.2) is 88.9 Å². The van der Waals surface area contributed by atoms with Gasteiger partial charge in [-0.25, -0.2) is 4.79 Å². The van der Waals surface area contributed by atoms with Gasteiger partial charge < -0.3 is 14.7 Å². The van der Waals surface area contributed by atoms with E-state index in [-0.39, 0.29) is 5.92 Å². The van der Waals surface area contributed by atoms with E-state index in [9.17, 15) is 9.90 Å². The molecule has 4 nitrogen and oxygen atoms in total. The van der Waals surface area contributed by atoms with Crippen molar-refractivity contribution in [3.05, 3.63) is 106 Å². The molecule has 0 saturated carbocycles. The second-order valence-electron chi connectivity index (χ2n) is 11.2. The number of carboxylic acid groups (broad SMARTS) is 1. The monoisotopic (exact) mass is 573 g/mol. The van der Waals surface area contributed by atoms with Gasteiger partial charge in [-0.1, -0.05) is 75.5 Å². The Morgan fingerprint density at radius 2 is 1.76 bits per heavy atom. The maximum atomic E-state index is 11.4. The number of nitrogens with zero attached hydrogens (tertiary/aromatic N) is 1. The molecule has 220 valence electrons. The predicted molar refractivity (Wildman–Crippen MR) is 176 cm³/mol. The summed E-state index contributed by atoms with van der Waals surface area (Å²) < 4.78 is 5.90. The molecule has 0 amide bonds.